The Hall–Kier alpha value is -3.70. The number of carbonyl (C=O) groups is 1. The summed E-state index contributed by atoms with van der Waals surface area (Å²) >= 11 is 1.37. The Labute approximate surface area is 192 Å². The van der Waals surface area contributed by atoms with Gasteiger partial charge in [-0.2, -0.15) is 5.10 Å². The van der Waals surface area contributed by atoms with Gasteiger partial charge in [0.05, 0.1) is 22.0 Å². The van der Waals surface area contributed by atoms with Gasteiger partial charge in [-0.1, -0.05) is 6.07 Å². The summed E-state index contributed by atoms with van der Waals surface area (Å²) in [5.74, 6) is 1.13. The lowest BCUT2D eigenvalue weighted by atomic mass is 10.1. The van der Waals surface area contributed by atoms with Gasteiger partial charge in [0.2, 0.25) is 6.79 Å². The van der Waals surface area contributed by atoms with E-state index in [9.17, 15) is 4.79 Å². The number of hydrogen-bond donors (Lipinski definition) is 3. The molecular weight excluding hydrogens is 442 g/mol. The number of piperidine rings is 1. The summed E-state index contributed by atoms with van der Waals surface area (Å²) in [6, 6.07) is 7.42. The molecular formula is C22H21N7O3S. The molecule has 0 aliphatic carbocycles. The number of fused-ring (bicyclic) bond motifs is 2. The first-order valence-corrected chi connectivity index (χ1v) is 11.6. The maximum Gasteiger partial charge on any atom is 0.265 e. The van der Waals surface area contributed by atoms with E-state index in [4.69, 9.17) is 20.3 Å². The third kappa shape index (κ3) is 3.36. The molecule has 33 heavy (non-hydrogen) atoms. The number of ether oxygens (including phenoxy) is 2. The van der Waals surface area contributed by atoms with E-state index < -0.39 is 0 Å². The van der Waals surface area contributed by atoms with Crippen LogP contribution in [0.5, 0.6) is 11.5 Å². The van der Waals surface area contributed by atoms with Crippen molar-refractivity contribution in [3.8, 4) is 22.8 Å². The Morgan fingerprint density at radius 1 is 1.24 bits per heavy atom. The van der Waals surface area contributed by atoms with Gasteiger partial charge in [0.25, 0.3) is 5.91 Å². The molecule has 4 N–H and O–H groups in total. The van der Waals surface area contributed by atoms with Crippen molar-refractivity contribution in [2.24, 2.45) is 0 Å². The van der Waals surface area contributed by atoms with Gasteiger partial charge >= 0.3 is 0 Å². The van der Waals surface area contributed by atoms with Crippen molar-refractivity contribution in [2.45, 2.75) is 18.9 Å². The Kier molecular flexibility index (Phi) is 4.84. The quantitative estimate of drug-likeness (QED) is 0.421. The minimum absolute atomic E-state index is 0.0470. The Balaban J connectivity index is 1.46. The number of amides is 1. The smallest absolute Gasteiger partial charge is 0.265 e. The Morgan fingerprint density at radius 3 is 2.97 bits per heavy atom. The van der Waals surface area contributed by atoms with Crippen LogP contribution in [0.25, 0.3) is 22.3 Å². The van der Waals surface area contributed by atoms with Gasteiger partial charge in [0.1, 0.15) is 17.8 Å². The number of benzene rings is 1. The fourth-order valence-corrected chi connectivity index (χ4v) is 4.97. The molecule has 1 fully saturated rings. The molecule has 2 aliphatic heterocycles. The molecule has 0 saturated carbocycles. The van der Waals surface area contributed by atoms with E-state index in [0.717, 1.165) is 25.9 Å². The maximum absolute atomic E-state index is 12.6. The molecule has 11 heteroatoms. The van der Waals surface area contributed by atoms with Crippen molar-refractivity contribution in [1.29, 1.82) is 0 Å². The molecule has 2 aliphatic rings. The summed E-state index contributed by atoms with van der Waals surface area (Å²) in [4.78, 5) is 21.9. The molecule has 0 radical (unpaired) electrons. The lowest BCUT2D eigenvalue weighted by molar-refractivity contribution is 0.102. The summed E-state index contributed by atoms with van der Waals surface area (Å²) in [5.41, 5.74) is 8.85. The number of nitrogens with zero attached hydrogens (tertiary/aromatic N) is 4. The summed E-state index contributed by atoms with van der Waals surface area (Å²) in [6.07, 6.45) is 3.52. The molecule has 5 heterocycles. The summed E-state index contributed by atoms with van der Waals surface area (Å²) in [7, 11) is 0. The standard InChI is InChI=1S/C22H21N7O3S/c23-20-16-17(28-29(21(16)26-10-25-20)12-3-1-7-24-9-12)13-5-6-14(19-18(13)31-11-32-19)27-22(30)15-4-2-8-33-15/h2,4-6,8,10,12,24H,1,3,7,9,11H2,(H,27,30)(H2,23,25,26)/t12-/m1/s1. The van der Waals surface area contributed by atoms with Crippen molar-refractivity contribution in [3.05, 3.63) is 40.8 Å². The Morgan fingerprint density at radius 2 is 2.15 bits per heavy atom. The van der Waals surface area contributed by atoms with Gasteiger partial charge in [0.15, 0.2) is 17.1 Å². The van der Waals surface area contributed by atoms with Gasteiger partial charge < -0.3 is 25.8 Å². The van der Waals surface area contributed by atoms with Crippen molar-refractivity contribution in [3.63, 3.8) is 0 Å². The number of aromatic nitrogens is 4. The third-order valence-electron chi connectivity index (χ3n) is 5.90. The average molecular weight is 464 g/mol. The van der Waals surface area contributed by atoms with Crippen LogP contribution in [0.3, 0.4) is 0 Å². The fraction of sp³-hybridized carbons (Fsp3) is 0.273. The van der Waals surface area contributed by atoms with Crippen LogP contribution in [0.4, 0.5) is 11.5 Å². The van der Waals surface area contributed by atoms with Crippen LogP contribution >= 0.6 is 11.3 Å². The second-order valence-electron chi connectivity index (χ2n) is 7.91. The number of rotatable bonds is 4. The van der Waals surface area contributed by atoms with Crippen LogP contribution in [0.1, 0.15) is 28.6 Å². The van der Waals surface area contributed by atoms with Gasteiger partial charge in [-0.05, 0) is 43.0 Å². The minimum atomic E-state index is -0.201. The Bertz CT molecular complexity index is 1350. The normalized spacial score (nSPS) is 17.4. The number of nitrogens with one attached hydrogen (secondary N) is 2. The van der Waals surface area contributed by atoms with Crippen LogP contribution in [-0.2, 0) is 0 Å². The van der Waals surface area contributed by atoms with Gasteiger partial charge in [-0.3, -0.25) is 4.79 Å². The van der Waals surface area contributed by atoms with Crippen molar-refractivity contribution < 1.29 is 14.3 Å². The van der Waals surface area contributed by atoms with E-state index >= 15 is 0 Å². The highest BCUT2D eigenvalue weighted by Gasteiger charge is 2.29. The van der Waals surface area contributed by atoms with E-state index in [1.54, 1.807) is 12.1 Å². The molecule has 0 unspecified atom stereocenters. The van der Waals surface area contributed by atoms with Gasteiger partial charge in [-0.15, -0.1) is 11.3 Å². The van der Waals surface area contributed by atoms with E-state index in [2.05, 4.69) is 20.6 Å². The molecule has 1 atom stereocenters. The monoisotopic (exact) mass is 463 g/mol. The third-order valence-corrected chi connectivity index (χ3v) is 6.77. The number of carbonyl (C=O) groups excluding carboxylic acids is 1. The first kappa shape index (κ1) is 19.9. The highest BCUT2D eigenvalue weighted by molar-refractivity contribution is 7.12. The zero-order valence-electron chi connectivity index (χ0n) is 17.6. The minimum Gasteiger partial charge on any atom is -0.453 e. The van der Waals surface area contributed by atoms with Crippen LogP contribution in [0.2, 0.25) is 0 Å². The topological polar surface area (TPSA) is 129 Å². The van der Waals surface area contributed by atoms with Crippen LogP contribution in [0.15, 0.2) is 36.0 Å². The highest BCUT2D eigenvalue weighted by atomic mass is 32.1. The van der Waals surface area contributed by atoms with E-state index in [-0.39, 0.29) is 18.7 Å². The molecule has 10 nitrogen and oxygen atoms in total. The van der Waals surface area contributed by atoms with Crippen molar-refractivity contribution in [2.75, 3.05) is 30.9 Å². The lowest BCUT2D eigenvalue weighted by Gasteiger charge is -2.23. The van der Waals surface area contributed by atoms with Gasteiger partial charge in [-0.25, -0.2) is 14.6 Å². The molecule has 1 amide bonds. The van der Waals surface area contributed by atoms with Crippen LogP contribution in [0, 0.1) is 0 Å². The number of nitrogens with two attached hydrogens (primary N) is 1. The number of hydrogen-bond acceptors (Lipinski definition) is 9. The zero-order chi connectivity index (χ0) is 22.4. The predicted octanol–water partition coefficient (Wildman–Crippen LogP) is 3.04. The maximum atomic E-state index is 12.6. The summed E-state index contributed by atoms with van der Waals surface area (Å²) < 4.78 is 13.5. The summed E-state index contributed by atoms with van der Waals surface area (Å²) in [6.45, 7) is 1.86. The number of thiophene rings is 1. The summed E-state index contributed by atoms with van der Waals surface area (Å²) in [5, 5.41) is 13.8. The molecule has 1 saturated heterocycles. The molecule has 0 bridgehead atoms. The number of anilines is 2. The lowest BCUT2D eigenvalue weighted by Crippen LogP contribution is -2.32. The second-order valence-corrected chi connectivity index (χ2v) is 8.86. The molecule has 4 aromatic rings. The van der Waals surface area contributed by atoms with Crippen LogP contribution in [-0.4, -0.2) is 45.5 Å². The van der Waals surface area contributed by atoms with E-state index in [1.807, 2.05) is 22.2 Å². The average Bonchev–Trinajstić information content (AvgIpc) is 3.60. The molecule has 168 valence electrons. The van der Waals surface area contributed by atoms with Crippen molar-refractivity contribution >= 4 is 39.8 Å². The van der Waals surface area contributed by atoms with Crippen molar-refractivity contribution in [1.82, 2.24) is 25.1 Å². The number of nitrogen functional groups attached to an aromatic ring is 1. The first-order valence-electron chi connectivity index (χ1n) is 10.7. The molecule has 6 rings (SSSR count). The van der Waals surface area contributed by atoms with Gasteiger partial charge in [0, 0.05) is 12.1 Å². The second kappa shape index (κ2) is 8.01. The van der Waals surface area contributed by atoms with E-state index in [1.165, 1.54) is 17.7 Å². The first-order chi connectivity index (χ1) is 16.2. The molecule has 3 aromatic heterocycles. The zero-order valence-corrected chi connectivity index (χ0v) is 18.4. The molecule has 1 aromatic carbocycles. The highest BCUT2D eigenvalue weighted by Crippen LogP contribution is 2.48. The fourth-order valence-electron chi connectivity index (χ4n) is 4.35. The van der Waals surface area contributed by atoms with Crippen LogP contribution < -0.4 is 25.8 Å². The SMILES string of the molecule is Nc1ncnc2c1c(-c1ccc(NC(=O)c3cccs3)c3c1OCO3)nn2[C@@H]1CCCNC1. The largest absolute Gasteiger partial charge is 0.453 e. The predicted molar refractivity (Wildman–Crippen MR) is 125 cm³/mol. The van der Waals surface area contributed by atoms with E-state index in [0.29, 0.717) is 50.2 Å². The molecule has 0 spiro atoms.